The lowest BCUT2D eigenvalue weighted by Crippen LogP contribution is -2.36. The summed E-state index contributed by atoms with van der Waals surface area (Å²) in [5, 5.41) is 1.05. The van der Waals surface area contributed by atoms with Crippen LogP contribution in [-0.4, -0.2) is 31.3 Å². The van der Waals surface area contributed by atoms with Gasteiger partial charge in [-0.2, -0.15) is 0 Å². The first kappa shape index (κ1) is 14.1. The summed E-state index contributed by atoms with van der Waals surface area (Å²) in [6.07, 6.45) is 0.964. The van der Waals surface area contributed by atoms with Crippen molar-refractivity contribution in [1.29, 1.82) is 0 Å². The van der Waals surface area contributed by atoms with Gasteiger partial charge in [-0.25, -0.2) is 0 Å². The molecule has 1 saturated heterocycles. The van der Waals surface area contributed by atoms with Crippen LogP contribution in [0.5, 0.6) is 0 Å². The van der Waals surface area contributed by atoms with Crippen molar-refractivity contribution in [1.82, 2.24) is 4.98 Å². The lowest BCUT2D eigenvalue weighted by atomic mass is 10.0. The van der Waals surface area contributed by atoms with Gasteiger partial charge in [0, 0.05) is 35.5 Å². The minimum absolute atomic E-state index is 0.585. The number of pyridine rings is 1. The Morgan fingerprint density at radius 2 is 2.00 bits per heavy atom. The maximum absolute atomic E-state index is 6.25. The minimum atomic E-state index is 0.585. The zero-order chi connectivity index (χ0) is 14.8. The van der Waals surface area contributed by atoms with Gasteiger partial charge in [0.25, 0.3) is 0 Å². The van der Waals surface area contributed by atoms with Gasteiger partial charge in [-0.3, -0.25) is 4.98 Å². The number of nitrogens with zero attached hydrogens (tertiary/aromatic N) is 2. The molecule has 0 amide bonds. The van der Waals surface area contributed by atoms with E-state index in [1.165, 1.54) is 5.69 Å². The number of aromatic nitrogens is 1. The lowest BCUT2D eigenvalue weighted by Gasteiger charge is -2.29. The molecule has 112 valence electrons. The first-order chi connectivity index (χ1) is 10.1. The molecule has 1 aliphatic heterocycles. The van der Waals surface area contributed by atoms with Crippen LogP contribution in [0.3, 0.4) is 0 Å². The molecule has 2 heterocycles. The standard InChI is InChI=1S/C17H23N3O/c1-12(2)9-13-10-16(18)15-11-14(3-4-17(15)19-13)20-5-7-21-8-6-20/h3-4,10-12H,5-9H2,1-2H3,(H2,18,19). The van der Waals surface area contributed by atoms with Gasteiger partial charge < -0.3 is 15.4 Å². The Labute approximate surface area is 125 Å². The van der Waals surface area contributed by atoms with E-state index >= 15 is 0 Å². The van der Waals surface area contributed by atoms with Crippen LogP contribution in [0, 0.1) is 5.92 Å². The summed E-state index contributed by atoms with van der Waals surface area (Å²) in [7, 11) is 0. The smallest absolute Gasteiger partial charge is 0.0727 e. The minimum Gasteiger partial charge on any atom is -0.398 e. The Hall–Kier alpha value is -1.81. The Morgan fingerprint density at radius 3 is 2.71 bits per heavy atom. The molecule has 0 bridgehead atoms. The van der Waals surface area contributed by atoms with Gasteiger partial charge in [-0.1, -0.05) is 13.8 Å². The second-order valence-electron chi connectivity index (χ2n) is 6.10. The van der Waals surface area contributed by atoms with E-state index in [2.05, 4.69) is 36.9 Å². The van der Waals surface area contributed by atoms with Gasteiger partial charge in [-0.05, 0) is 36.6 Å². The van der Waals surface area contributed by atoms with Crippen molar-refractivity contribution in [3.63, 3.8) is 0 Å². The molecule has 2 N–H and O–H groups in total. The quantitative estimate of drug-likeness (QED) is 0.942. The van der Waals surface area contributed by atoms with Crippen LogP contribution in [0.1, 0.15) is 19.5 Å². The number of anilines is 2. The van der Waals surface area contributed by atoms with Crippen LogP contribution in [0.4, 0.5) is 11.4 Å². The van der Waals surface area contributed by atoms with Gasteiger partial charge in [0.15, 0.2) is 0 Å². The van der Waals surface area contributed by atoms with Gasteiger partial charge in [-0.15, -0.1) is 0 Å². The van der Waals surface area contributed by atoms with Crippen molar-refractivity contribution in [2.24, 2.45) is 5.92 Å². The highest BCUT2D eigenvalue weighted by Crippen LogP contribution is 2.27. The third-order valence-corrected chi connectivity index (χ3v) is 3.87. The van der Waals surface area contributed by atoms with E-state index in [1.807, 2.05) is 6.07 Å². The largest absolute Gasteiger partial charge is 0.398 e. The Morgan fingerprint density at radius 1 is 1.24 bits per heavy atom. The second kappa shape index (κ2) is 5.90. The molecule has 21 heavy (non-hydrogen) atoms. The van der Waals surface area contributed by atoms with Crippen LogP contribution in [0.2, 0.25) is 0 Å². The van der Waals surface area contributed by atoms with Gasteiger partial charge in [0.2, 0.25) is 0 Å². The molecule has 0 aliphatic carbocycles. The number of hydrogen-bond acceptors (Lipinski definition) is 4. The molecule has 0 unspecified atom stereocenters. The van der Waals surface area contributed by atoms with Crippen molar-refractivity contribution in [3.05, 3.63) is 30.0 Å². The topological polar surface area (TPSA) is 51.4 Å². The van der Waals surface area contributed by atoms with E-state index in [-0.39, 0.29) is 0 Å². The summed E-state index contributed by atoms with van der Waals surface area (Å²) in [5.74, 6) is 0.585. The molecule has 1 fully saturated rings. The van der Waals surface area contributed by atoms with Gasteiger partial charge in [0.1, 0.15) is 0 Å². The van der Waals surface area contributed by atoms with Crippen molar-refractivity contribution in [3.8, 4) is 0 Å². The molecule has 0 radical (unpaired) electrons. The number of rotatable bonds is 3. The monoisotopic (exact) mass is 285 g/mol. The second-order valence-corrected chi connectivity index (χ2v) is 6.10. The van der Waals surface area contributed by atoms with E-state index in [0.29, 0.717) is 5.92 Å². The molecule has 0 spiro atoms. The van der Waals surface area contributed by atoms with E-state index in [4.69, 9.17) is 15.5 Å². The zero-order valence-electron chi connectivity index (χ0n) is 12.8. The number of nitrogen functional groups attached to an aromatic ring is 1. The highest BCUT2D eigenvalue weighted by Gasteiger charge is 2.13. The number of hydrogen-bond donors (Lipinski definition) is 1. The van der Waals surface area contributed by atoms with Crippen molar-refractivity contribution in [2.75, 3.05) is 36.9 Å². The average molecular weight is 285 g/mol. The molecule has 1 aliphatic rings. The summed E-state index contributed by atoms with van der Waals surface area (Å²) in [4.78, 5) is 7.08. The van der Waals surface area contributed by atoms with Crippen LogP contribution < -0.4 is 10.6 Å². The summed E-state index contributed by atoms with van der Waals surface area (Å²) in [6, 6.07) is 8.40. The van der Waals surface area contributed by atoms with Crippen LogP contribution >= 0.6 is 0 Å². The molecule has 2 aromatic rings. The fourth-order valence-corrected chi connectivity index (χ4v) is 2.84. The predicted molar refractivity (Wildman–Crippen MR) is 87.7 cm³/mol. The Balaban J connectivity index is 1.96. The third-order valence-electron chi connectivity index (χ3n) is 3.87. The van der Waals surface area contributed by atoms with E-state index < -0.39 is 0 Å². The first-order valence-electron chi connectivity index (χ1n) is 7.65. The average Bonchev–Trinajstić information content (AvgIpc) is 2.47. The van der Waals surface area contributed by atoms with Crippen molar-refractivity contribution >= 4 is 22.3 Å². The highest BCUT2D eigenvalue weighted by molar-refractivity contribution is 5.92. The molecule has 3 rings (SSSR count). The normalized spacial score (nSPS) is 15.9. The number of morpholine rings is 1. The number of ether oxygens (including phenoxy) is 1. The highest BCUT2D eigenvalue weighted by atomic mass is 16.5. The number of benzene rings is 1. The summed E-state index contributed by atoms with van der Waals surface area (Å²) >= 11 is 0. The van der Waals surface area contributed by atoms with Crippen LogP contribution in [-0.2, 0) is 11.2 Å². The first-order valence-corrected chi connectivity index (χ1v) is 7.65. The number of fused-ring (bicyclic) bond motifs is 1. The molecule has 4 nitrogen and oxygen atoms in total. The van der Waals surface area contributed by atoms with E-state index in [1.54, 1.807) is 0 Å². The van der Waals surface area contributed by atoms with Crippen molar-refractivity contribution in [2.45, 2.75) is 20.3 Å². The maximum Gasteiger partial charge on any atom is 0.0727 e. The molecule has 4 heteroatoms. The van der Waals surface area contributed by atoms with Gasteiger partial charge >= 0.3 is 0 Å². The van der Waals surface area contributed by atoms with Crippen LogP contribution in [0.15, 0.2) is 24.3 Å². The van der Waals surface area contributed by atoms with Crippen LogP contribution in [0.25, 0.3) is 10.9 Å². The third kappa shape index (κ3) is 3.10. The summed E-state index contributed by atoms with van der Waals surface area (Å²) < 4.78 is 5.41. The fraction of sp³-hybridized carbons (Fsp3) is 0.471. The molecular weight excluding hydrogens is 262 g/mol. The predicted octanol–water partition coefficient (Wildman–Crippen LogP) is 2.85. The van der Waals surface area contributed by atoms with Crippen molar-refractivity contribution < 1.29 is 4.74 Å². The summed E-state index contributed by atoms with van der Waals surface area (Å²) in [5.41, 5.74) is 10.3. The lowest BCUT2D eigenvalue weighted by molar-refractivity contribution is 0.122. The Bertz CT molecular complexity index is 633. The maximum atomic E-state index is 6.25. The van der Waals surface area contributed by atoms with E-state index in [9.17, 15) is 0 Å². The molecular formula is C17H23N3O. The molecule has 1 aromatic heterocycles. The molecule has 0 saturated carbocycles. The zero-order valence-corrected chi connectivity index (χ0v) is 12.8. The molecule has 1 aromatic carbocycles. The van der Waals surface area contributed by atoms with E-state index in [0.717, 1.165) is 55.0 Å². The fourth-order valence-electron chi connectivity index (χ4n) is 2.84. The number of nitrogens with two attached hydrogens (primary N) is 1. The molecule has 0 atom stereocenters. The van der Waals surface area contributed by atoms with Gasteiger partial charge in [0.05, 0.1) is 18.7 Å². The Kier molecular flexibility index (Phi) is 3.97. The summed E-state index contributed by atoms with van der Waals surface area (Å²) in [6.45, 7) is 7.85. The SMILES string of the molecule is CC(C)Cc1cc(N)c2cc(N3CCOCC3)ccc2n1.